The van der Waals surface area contributed by atoms with E-state index in [1.54, 1.807) is 12.3 Å². The van der Waals surface area contributed by atoms with E-state index in [1.165, 1.54) is 11.3 Å². The molecular weight excluding hydrogens is 537 g/mol. The summed E-state index contributed by atoms with van der Waals surface area (Å²) in [6, 6.07) is 18.1. The molecule has 6 heteroatoms. The van der Waals surface area contributed by atoms with E-state index >= 15 is 0 Å². The molecule has 208 valence electrons. The van der Waals surface area contributed by atoms with Crippen molar-refractivity contribution in [3.63, 3.8) is 0 Å². The molecular formula is C34H37Cl2N3O. The average molecular weight is 575 g/mol. The van der Waals surface area contributed by atoms with E-state index in [-0.39, 0.29) is 11.9 Å². The Morgan fingerprint density at radius 2 is 1.85 bits per heavy atom. The highest BCUT2D eigenvalue weighted by atomic mass is 35.5. The van der Waals surface area contributed by atoms with E-state index in [2.05, 4.69) is 60.7 Å². The maximum absolute atomic E-state index is 13.7. The lowest BCUT2D eigenvalue weighted by Gasteiger charge is -2.44. The lowest BCUT2D eigenvalue weighted by atomic mass is 9.97. The highest BCUT2D eigenvalue weighted by molar-refractivity contribution is 6.31. The van der Waals surface area contributed by atoms with Crippen LogP contribution in [0.5, 0.6) is 0 Å². The molecule has 4 rings (SSSR count). The van der Waals surface area contributed by atoms with Gasteiger partial charge in [-0.1, -0.05) is 92.0 Å². The number of allylic oxidation sites excluding steroid dienone is 4. The van der Waals surface area contributed by atoms with Gasteiger partial charge in [0, 0.05) is 54.2 Å². The molecule has 0 radical (unpaired) electrons. The Morgan fingerprint density at radius 3 is 2.52 bits per heavy atom. The van der Waals surface area contributed by atoms with E-state index in [0.717, 1.165) is 53.1 Å². The number of benzene rings is 2. The summed E-state index contributed by atoms with van der Waals surface area (Å²) in [5.74, 6) is 0.140. The number of carbonyl (C=O) groups excluding carboxylic acids is 1. The second kappa shape index (κ2) is 14.3. The number of carbonyl (C=O) groups is 1. The zero-order valence-electron chi connectivity index (χ0n) is 23.3. The number of amides is 1. The number of aromatic nitrogens is 1. The molecule has 1 aliphatic rings. The van der Waals surface area contributed by atoms with Crippen LogP contribution in [-0.4, -0.2) is 35.4 Å². The van der Waals surface area contributed by atoms with Gasteiger partial charge in [0.15, 0.2) is 0 Å². The summed E-state index contributed by atoms with van der Waals surface area (Å²) < 4.78 is 0. The molecule has 2 heterocycles. The first kappa shape index (κ1) is 29.6. The molecule has 0 spiro atoms. The predicted octanol–water partition coefficient (Wildman–Crippen LogP) is 8.73. The fraction of sp³-hybridized carbons (Fsp3) is 0.294. The number of hydrogen-bond donors (Lipinski definition) is 0. The first-order valence-corrected chi connectivity index (χ1v) is 14.7. The molecule has 1 aliphatic heterocycles. The van der Waals surface area contributed by atoms with Crippen LogP contribution in [0.1, 0.15) is 55.8 Å². The van der Waals surface area contributed by atoms with Crippen molar-refractivity contribution in [3.8, 4) is 0 Å². The second-order valence-electron chi connectivity index (χ2n) is 10.1. The van der Waals surface area contributed by atoms with E-state index in [0.29, 0.717) is 24.5 Å². The van der Waals surface area contributed by atoms with Crippen molar-refractivity contribution in [2.24, 2.45) is 0 Å². The van der Waals surface area contributed by atoms with Crippen LogP contribution in [-0.2, 0) is 11.2 Å². The van der Waals surface area contributed by atoms with Crippen LogP contribution in [0.15, 0.2) is 97.4 Å². The Morgan fingerprint density at radius 1 is 1.07 bits per heavy atom. The van der Waals surface area contributed by atoms with E-state index in [1.807, 2.05) is 47.5 Å². The first-order chi connectivity index (χ1) is 19.4. The lowest BCUT2D eigenvalue weighted by molar-refractivity contribution is -0.131. The predicted molar refractivity (Wildman–Crippen MR) is 169 cm³/mol. The minimum absolute atomic E-state index is 0.00687. The number of nitrogens with zero attached hydrogens (tertiary/aromatic N) is 3. The van der Waals surface area contributed by atoms with Gasteiger partial charge in [-0.15, -0.1) is 0 Å². The number of halogens is 2. The molecule has 2 aromatic carbocycles. The quantitative estimate of drug-likeness (QED) is 0.227. The monoisotopic (exact) mass is 573 g/mol. The molecule has 0 saturated carbocycles. The molecule has 1 aromatic heterocycles. The average Bonchev–Trinajstić information content (AvgIpc) is 2.97. The summed E-state index contributed by atoms with van der Waals surface area (Å²) in [6.45, 7) is 10.1. The smallest absolute Gasteiger partial charge is 0.226 e. The van der Waals surface area contributed by atoms with Gasteiger partial charge in [-0.05, 0) is 71.5 Å². The topological polar surface area (TPSA) is 36.4 Å². The molecule has 4 nitrogen and oxygen atoms in total. The molecule has 0 N–H and O–H groups in total. The van der Waals surface area contributed by atoms with Crippen LogP contribution >= 0.6 is 23.2 Å². The number of anilines is 1. The maximum atomic E-state index is 13.7. The van der Waals surface area contributed by atoms with Crippen LogP contribution < -0.4 is 4.90 Å². The zero-order chi connectivity index (χ0) is 28.5. The third-order valence-electron chi connectivity index (χ3n) is 7.34. The van der Waals surface area contributed by atoms with E-state index < -0.39 is 0 Å². The number of piperazine rings is 1. The standard InChI is InChI=1S/C34H37Cl2N3O/c1-4-8-27(29-10-7-17-37-23-29)20-25(6-3)21-34(40)38-18-19-39(32-16-15-31(36)22-28(32)9-5-2)33(24-38)26-11-13-30(35)14-12-26/h4,7-8,10-17,20,22-23,33H,1,5-6,9,18-19,21,24H2,2-3H3/b25-20+,27-8+. The number of hydrogen-bond acceptors (Lipinski definition) is 3. The van der Waals surface area contributed by atoms with Gasteiger partial charge in [0.1, 0.15) is 0 Å². The van der Waals surface area contributed by atoms with Gasteiger partial charge in [-0.25, -0.2) is 0 Å². The van der Waals surface area contributed by atoms with Gasteiger partial charge >= 0.3 is 0 Å². The van der Waals surface area contributed by atoms with Gasteiger partial charge in [-0.3, -0.25) is 9.78 Å². The molecule has 40 heavy (non-hydrogen) atoms. The molecule has 1 unspecified atom stereocenters. The summed E-state index contributed by atoms with van der Waals surface area (Å²) in [5.41, 5.74) is 6.64. The molecule has 1 fully saturated rings. The highest BCUT2D eigenvalue weighted by Gasteiger charge is 2.32. The Bertz CT molecular complexity index is 1370. The largest absolute Gasteiger partial charge is 0.361 e. The first-order valence-electron chi connectivity index (χ1n) is 13.9. The number of rotatable bonds is 10. The Balaban J connectivity index is 1.60. The molecule has 1 atom stereocenters. The summed E-state index contributed by atoms with van der Waals surface area (Å²) in [6.07, 6.45) is 12.6. The van der Waals surface area contributed by atoms with Gasteiger partial charge in [-0.2, -0.15) is 0 Å². The van der Waals surface area contributed by atoms with Crippen LogP contribution in [0.2, 0.25) is 10.0 Å². The van der Waals surface area contributed by atoms with Gasteiger partial charge in [0.25, 0.3) is 0 Å². The third kappa shape index (κ3) is 7.44. The summed E-state index contributed by atoms with van der Waals surface area (Å²) in [4.78, 5) is 22.4. The van der Waals surface area contributed by atoms with Crippen LogP contribution in [0.4, 0.5) is 5.69 Å². The minimum Gasteiger partial charge on any atom is -0.361 e. The van der Waals surface area contributed by atoms with Crippen molar-refractivity contribution in [3.05, 3.63) is 124 Å². The lowest BCUT2D eigenvalue weighted by Crippen LogP contribution is -2.51. The van der Waals surface area contributed by atoms with E-state index in [4.69, 9.17) is 23.2 Å². The fourth-order valence-electron chi connectivity index (χ4n) is 5.26. The fourth-order valence-corrected chi connectivity index (χ4v) is 5.58. The van der Waals surface area contributed by atoms with Gasteiger partial charge in [0.2, 0.25) is 5.91 Å². The molecule has 1 amide bonds. The van der Waals surface area contributed by atoms with Gasteiger partial charge < -0.3 is 9.80 Å². The van der Waals surface area contributed by atoms with Crippen molar-refractivity contribution < 1.29 is 4.79 Å². The number of aryl methyl sites for hydroxylation is 1. The normalized spacial score (nSPS) is 16.2. The third-order valence-corrected chi connectivity index (χ3v) is 7.83. The van der Waals surface area contributed by atoms with Crippen molar-refractivity contribution >= 4 is 40.4 Å². The Labute approximate surface area is 248 Å². The summed E-state index contributed by atoms with van der Waals surface area (Å²) >= 11 is 12.6. The Kier molecular flexibility index (Phi) is 10.6. The second-order valence-corrected chi connectivity index (χ2v) is 10.9. The van der Waals surface area contributed by atoms with Crippen molar-refractivity contribution in [1.82, 2.24) is 9.88 Å². The molecule has 1 saturated heterocycles. The van der Waals surface area contributed by atoms with Gasteiger partial charge in [0.05, 0.1) is 6.04 Å². The Hall–Kier alpha value is -3.34. The minimum atomic E-state index is 0.00687. The molecule has 3 aromatic rings. The van der Waals surface area contributed by atoms with Crippen molar-refractivity contribution in [2.45, 2.75) is 45.6 Å². The van der Waals surface area contributed by atoms with Crippen molar-refractivity contribution in [1.29, 1.82) is 0 Å². The summed E-state index contributed by atoms with van der Waals surface area (Å²) in [5, 5.41) is 1.45. The SMILES string of the molecule is C=C/C=C(\C=C(/CC)CC(=O)N1CCN(c2ccc(Cl)cc2CCC)C(c2ccc(Cl)cc2)C1)c1cccnc1. The van der Waals surface area contributed by atoms with E-state index in [9.17, 15) is 4.79 Å². The zero-order valence-corrected chi connectivity index (χ0v) is 24.8. The molecule has 0 bridgehead atoms. The van der Waals surface area contributed by atoms with Crippen molar-refractivity contribution in [2.75, 3.05) is 24.5 Å². The van der Waals surface area contributed by atoms with Crippen LogP contribution in [0.3, 0.4) is 0 Å². The van der Waals surface area contributed by atoms with Crippen LogP contribution in [0.25, 0.3) is 5.57 Å². The maximum Gasteiger partial charge on any atom is 0.226 e. The van der Waals surface area contributed by atoms with Crippen LogP contribution in [0, 0.1) is 0 Å². The molecule has 0 aliphatic carbocycles. The number of pyridine rings is 1. The highest BCUT2D eigenvalue weighted by Crippen LogP contribution is 2.35. The summed E-state index contributed by atoms with van der Waals surface area (Å²) in [7, 11) is 0.